The fourth-order valence-corrected chi connectivity index (χ4v) is 2.04. The number of nitrogens with zero attached hydrogens (tertiary/aromatic N) is 1. The molecule has 1 rings (SSSR count). The Morgan fingerprint density at radius 3 is 2.16 bits per heavy atom. The molecule has 1 aliphatic rings. The van der Waals surface area contributed by atoms with Crippen molar-refractivity contribution in [3.05, 3.63) is 11.1 Å². The summed E-state index contributed by atoms with van der Waals surface area (Å²) in [5.41, 5.74) is 0.575. The SMILES string of the molecule is COC(=O)/C(C)=C(/CN1CCC(O)CC1)C(=O)OC. The van der Waals surface area contributed by atoms with E-state index in [0.717, 1.165) is 0 Å². The molecule has 108 valence electrons. The second-order valence-corrected chi connectivity index (χ2v) is 4.59. The van der Waals surface area contributed by atoms with E-state index in [4.69, 9.17) is 4.74 Å². The first-order valence-electron chi connectivity index (χ1n) is 6.26. The third-order valence-corrected chi connectivity index (χ3v) is 3.31. The number of likely N-dealkylation sites (tertiary alicyclic amines) is 1. The minimum atomic E-state index is -0.530. The van der Waals surface area contributed by atoms with Crippen LogP contribution in [0.5, 0.6) is 0 Å². The maximum Gasteiger partial charge on any atom is 0.335 e. The van der Waals surface area contributed by atoms with Gasteiger partial charge in [0, 0.05) is 25.2 Å². The number of methoxy groups -OCH3 is 2. The number of aliphatic hydroxyl groups excluding tert-OH is 1. The van der Waals surface area contributed by atoms with Crippen LogP contribution in [0.1, 0.15) is 19.8 Å². The molecule has 0 spiro atoms. The van der Waals surface area contributed by atoms with Gasteiger partial charge in [-0.15, -0.1) is 0 Å². The van der Waals surface area contributed by atoms with Crippen molar-refractivity contribution >= 4 is 11.9 Å². The predicted molar refractivity (Wildman–Crippen MR) is 68.4 cm³/mol. The molecule has 1 N–H and O–H groups in total. The van der Waals surface area contributed by atoms with Gasteiger partial charge in [-0.05, 0) is 19.8 Å². The molecule has 0 atom stereocenters. The van der Waals surface area contributed by atoms with Crippen LogP contribution in [0, 0.1) is 0 Å². The Balaban J connectivity index is 2.81. The zero-order valence-electron chi connectivity index (χ0n) is 11.6. The number of ether oxygens (including phenoxy) is 2. The lowest BCUT2D eigenvalue weighted by molar-refractivity contribution is -0.139. The van der Waals surface area contributed by atoms with E-state index in [0.29, 0.717) is 38.0 Å². The second-order valence-electron chi connectivity index (χ2n) is 4.59. The number of carbonyl (C=O) groups is 2. The molecule has 0 unspecified atom stereocenters. The zero-order valence-corrected chi connectivity index (χ0v) is 11.6. The van der Waals surface area contributed by atoms with E-state index in [1.165, 1.54) is 14.2 Å². The first kappa shape index (κ1) is 15.7. The Bertz CT molecular complexity index is 369. The Morgan fingerprint density at radius 2 is 1.68 bits per heavy atom. The van der Waals surface area contributed by atoms with Gasteiger partial charge in [-0.1, -0.05) is 0 Å². The van der Waals surface area contributed by atoms with Gasteiger partial charge < -0.3 is 14.6 Å². The third kappa shape index (κ3) is 4.33. The number of piperidine rings is 1. The average Bonchev–Trinajstić information content (AvgIpc) is 2.44. The number of aliphatic hydroxyl groups is 1. The Hall–Kier alpha value is -1.40. The zero-order chi connectivity index (χ0) is 14.4. The fourth-order valence-electron chi connectivity index (χ4n) is 2.04. The molecular weight excluding hydrogens is 250 g/mol. The normalized spacial score (nSPS) is 18.7. The van der Waals surface area contributed by atoms with E-state index >= 15 is 0 Å². The molecule has 1 fully saturated rings. The highest BCUT2D eigenvalue weighted by Crippen LogP contribution is 2.15. The summed E-state index contributed by atoms with van der Waals surface area (Å²) in [7, 11) is 2.56. The van der Waals surface area contributed by atoms with Crippen LogP contribution < -0.4 is 0 Å². The summed E-state index contributed by atoms with van der Waals surface area (Å²) in [5, 5.41) is 9.45. The van der Waals surface area contributed by atoms with Gasteiger partial charge in [0.1, 0.15) is 0 Å². The van der Waals surface area contributed by atoms with Gasteiger partial charge in [0.05, 0.1) is 25.9 Å². The van der Waals surface area contributed by atoms with E-state index in [-0.39, 0.29) is 11.7 Å². The van der Waals surface area contributed by atoms with Gasteiger partial charge in [0.25, 0.3) is 0 Å². The summed E-state index contributed by atoms with van der Waals surface area (Å²) in [5.74, 6) is -1.05. The number of esters is 2. The Kier molecular flexibility index (Phi) is 5.98. The summed E-state index contributed by atoms with van der Waals surface area (Å²) in [6.45, 7) is 3.27. The van der Waals surface area contributed by atoms with Crippen molar-refractivity contribution in [2.45, 2.75) is 25.9 Å². The van der Waals surface area contributed by atoms with Crippen LogP contribution in [-0.2, 0) is 19.1 Å². The molecule has 19 heavy (non-hydrogen) atoms. The van der Waals surface area contributed by atoms with Gasteiger partial charge in [-0.2, -0.15) is 0 Å². The van der Waals surface area contributed by atoms with Crippen molar-refractivity contribution in [3.8, 4) is 0 Å². The first-order chi connectivity index (χ1) is 8.99. The minimum Gasteiger partial charge on any atom is -0.466 e. The molecule has 0 aromatic carbocycles. The molecular formula is C13H21NO5. The molecule has 0 saturated carbocycles. The lowest BCUT2D eigenvalue weighted by Gasteiger charge is -2.30. The Morgan fingerprint density at radius 1 is 1.16 bits per heavy atom. The molecule has 1 aliphatic heterocycles. The molecule has 0 amide bonds. The van der Waals surface area contributed by atoms with Gasteiger partial charge in [-0.25, -0.2) is 9.59 Å². The largest absolute Gasteiger partial charge is 0.466 e. The van der Waals surface area contributed by atoms with Gasteiger partial charge in [-0.3, -0.25) is 4.90 Å². The van der Waals surface area contributed by atoms with Crippen molar-refractivity contribution in [1.29, 1.82) is 0 Å². The van der Waals surface area contributed by atoms with Crippen molar-refractivity contribution in [1.82, 2.24) is 4.90 Å². The standard InChI is InChI=1S/C13H21NO5/c1-9(12(16)18-2)11(13(17)19-3)8-14-6-4-10(15)5-7-14/h10,15H,4-8H2,1-3H3/b11-9-. The quantitative estimate of drug-likeness (QED) is 0.577. The van der Waals surface area contributed by atoms with E-state index in [1.54, 1.807) is 6.92 Å². The fraction of sp³-hybridized carbons (Fsp3) is 0.692. The molecule has 1 saturated heterocycles. The van der Waals surface area contributed by atoms with E-state index in [1.807, 2.05) is 4.90 Å². The number of hydrogen-bond acceptors (Lipinski definition) is 6. The van der Waals surface area contributed by atoms with Crippen LogP contribution in [-0.4, -0.2) is 61.9 Å². The van der Waals surface area contributed by atoms with E-state index < -0.39 is 11.9 Å². The van der Waals surface area contributed by atoms with E-state index in [2.05, 4.69) is 4.74 Å². The minimum absolute atomic E-state index is 0.264. The first-order valence-corrected chi connectivity index (χ1v) is 6.26. The second kappa shape index (κ2) is 7.25. The molecule has 1 heterocycles. The number of rotatable bonds is 4. The van der Waals surface area contributed by atoms with Gasteiger partial charge in [0.2, 0.25) is 0 Å². The summed E-state index contributed by atoms with van der Waals surface area (Å²) >= 11 is 0. The molecule has 0 aromatic rings. The van der Waals surface area contributed by atoms with Crippen molar-refractivity contribution < 1.29 is 24.2 Å². The number of hydrogen-bond donors (Lipinski definition) is 1. The maximum absolute atomic E-state index is 11.7. The molecule has 0 aromatic heterocycles. The van der Waals surface area contributed by atoms with Crippen LogP contribution in [0.4, 0.5) is 0 Å². The smallest absolute Gasteiger partial charge is 0.335 e. The maximum atomic E-state index is 11.7. The Labute approximate surface area is 113 Å². The van der Waals surface area contributed by atoms with Crippen LogP contribution in [0.15, 0.2) is 11.1 Å². The van der Waals surface area contributed by atoms with Crippen molar-refractivity contribution in [2.24, 2.45) is 0 Å². The molecule has 0 bridgehead atoms. The van der Waals surface area contributed by atoms with Crippen LogP contribution in [0.2, 0.25) is 0 Å². The third-order valence-electron chi connectivity index (χ3n) is 3.31. The van der Waals surface area contributed by atoms with Gasteiger partial charge >= 0.3 is 11.9 Å². The molecule has 6 heteroatoms. The summed E-state index contributed by atoms with van der Waals surface area (Å²) in [6, 6.07) is 0. The monoisotopic (exact) mass is 271 g/mol. The average molecular weight is 271 g/mol. The van der Waals surface area contributed by atoms with Crippen molar-refractivity contribution in [3.63, 3.8) is 0 Å². The van der Waals surface area contributed by atoms with Gasteiger partial charge in [0.15, 0.2) is 0 Å². The lowest BCUT2D eigenvalue weighted by atomic mass is 10.0. The van der Waals surface area contributed by atoms with Crippen LogP contribution in [0.3, 0.4) is 0 Å². The highest BCUT2D eigenvalue weighted by molar-refractivity contribution is 6.00. The lowest BCUT2D eigenvalue weighted by Crippen LogP contribution is -2.38. The predicted octanol–water partition coefficient (Wildman–Crippen LogP) is 0.106. The highest BCUT2D eigenvalue weighted by atomic mass is 16.5. The molecule has 0 aliphatic carbocycles. The van der Waals surface area contributed by atoms with Crippen LogP contribution in [0.25, 0.3) is 0 Å². The highest BCUT2D eigenvalue weighted by Gasteiger charge is 2.24. The summed E-state index contributed by atoms with van der Waals surface area (Å²) in [6.07, 6.45) is 1.07. The molecule has 6 nitrogen and oxygen atoms in total. The van der Waals surface area contributed by atoms with E-state index in [9.17, 15) is 14.7 Å². The number of carbonyl (C=O) groups excluding carboxylic acids is 2. The molecule has 0 radical (unpaired) electrons. The van der Waals surface area contributed by atoms with Crippen molar-refractivity contribution in [2.75, 3.05) is 33.9 Å². The van der Waals surface area contributed by atoms with Crippen LogP contribution >= 0.6 is 0 Å². The summed E-state index contributed by atoms with van der Waals surface area (Å²) < 4.78 is 9.34. The topological polar surface area (TPSA) is 76.1 Å². The summed E-state index contributed by atoms with van der Waals surface area (Å²) in [4.78, 5) is 25.3.